The van der Waals surface area contributed by atoms with Crippen molar-refractivity contribution >= 4 is 0 Å². The highest BCUT2D eigenvalue weighted by Crippen LogP contribution is 2.46. The fraction of sp³-hybridized carbons (Fsp3) is 0.444. The van der Waals surface area contributed by atoms with Gasteiger partial charge >= 0.3 is 12.5 Å². The van der Waals surface area contributed by atoms with Crippen LogP contribution in [0.5, 0.6) is 11.6 Å². The Hall–Kier alpha value is -1.81. The van der Waals surface area contributed by atoms with Crippen molar-refractivity contribution in [1.82, 2.24) is 4.98 Å². The van der Waals surface area contributed by atoms with Crippen LogP contribution in [0.25, 0.3) is 0 Å². The van der Waals surface area contributed by atoms with Gasteiger partial charge in [0.05, 0.1) is 12.7 Å². The maximum absolute atomic E-state index is 12.7. The lowest BCUT2D eigenvalue weighted by molar-refractivity contribution is -0.276. The predicted molar refractivity (Wildman–Crippen MR) is 47.4 cm³/mol. The van der Waals surface area contributed by atoms with E-state index in [-0.39, 0.29) is 6.20 Å². The first-order valence-electron chi connectivity index (χ1n) is 4.65. The number of rotatable bonds is 3. The lowest BCUT2D eigenvalue weighted by atomic mass is 10.1. The zero-order valence-electron chi connectivity index (χ0n) is 9.44. The molecule has 0 bridgehead atoms. The molecular formula is C9H5F8NO2. The summed E-state index contributed by atoms with van der Waals surface area (Å²) >= 11 is 0. The molecule has 0 aliphatic rings. The summed E-state index contributed by atoms with van der Waals surface area (Å²) in [4.78, 5) is 2.78. The number of nitrogens with zero attached hydrogens (tertiary/aromatic N) is 1. The van der Waals surface area contributed by atoms with Gasteiger partial charge in [-0.05, 0) is 0 Å². The maximum Gasteiger partial charge on any atom is 0.574 e. The lowest BCUT2D eigenvalue weighted by Gasteiger charge is -2.18. The van der Waals surface area contributed by atoms with E-state index in [1.54, 1.807) is 0 Å². The molecule has 0 N–H and O–H groups in total. The Labute approximate surface area is 106 Å². The summed E-state index contributed by atoms with van der Waals surface area (Å²) < 4.78 is 106. The van der Waals surface area contributed by atoms with Crippen LogP contribution in [0, 0.1) is 0 Å². The fourth-order valence-electron chi connectivity index (χ4n) is 1.32. The third-order valence-corrected chi connectivity index (χ3v) is 1.97. The molecule has 0 radical (unpaired) electrons. The van der Waals surface area contributed by atoms with Crippen molar-refractivity contribution in [2.45, 2.75) is 19.0 Å². The van der Waals surface area contributed by atoms with Crippen LogP contribution in [0.1, 0.15) is 17.6 Å². The van der Waals surface area contributed by atoms with Crippen LogP contribution >= 0.6 is 0 Å². The van der Waals surface area contributed by atoms with Gasteiger partial charge in [0.25, 0.3) is 12.3 Å². The first kappa shape index (κ1) is 16.2. The van der Waals surface area contributed by atoms with Gasteiger partial charge in [-0.15, -0.1) is 13.2 Å². The number of halogens is 8. The van der Waals surface area contributed by atoms with E-state index in [4.69, 9.17) is 0 Å². The van der Waals surface area contributed by atoms with Crippen molar-refractivity contribution in [2.75, 3.05) is 7.11 Å². The van der Waals surface area contributed by atoms with Gasteiger partial charge in [-0.25, -0.2) is 13.8 Å². The molecule has 0 aromatic carbocycles. The Morgan fingerprint density at radius 2 is 1.65 bits per heavy atom. The lowest BCUT2D eigenvalue weighted by Crippen LogP contribution is -2.20. The van der Waals surface area contributed by atoms with Gasteiger partial charge in [-0.1, -0.05) is 0 Å². The minimum absolute atomic E-state index is 0.0446. The highest BCUT2D eigenvalue weighted by atomic mass is 19.4. The number of hydrogen-bond donors (Lipinski definition) is 0. The molecule has 114 valence electrons. The molecule has 0 unspecified atom stereocenters. The largest absolute Gasteiger partial charge is 0.574 e. The number of alkyl halides is 8. The standard InChI is InChI=1S/C9H5F8NO2/c1-19-5-4(8(12,13)14)3(6(10)11)2-18-7(5)20-9(15,16)17/h2,6H,1H3. The summed E-state index contributed by atoms with van der Waals surface area (Å²) in [5.74, 6) is -3.16. The SMILES string of the molecule is COc1c(OC(F)(F)F)ncc(C(F)F)c1C(F)(F)F. The number of aromatic nitrogens is 1. The molecular weight excluding hydrogens is 306 g/mol. The van der Waals surface area contributed by atoms with Gasteiger partial charge in [-0.2, -0.15) is 13.2 Å². The van der Waals surface area contributed by atoms with Gasteiger partial charge in [-0.3, -0.25) is 0 Å². The first-order chi connectivity index (χ1) is 8.97. The third kappa shape index (κ3) is 3.61. The molecule has 20 heavy (non-hydrogen) atoms. The van der Waals surface area contributed by atoms with Crippen molar-refractivity contribution < 1.29 is 44.6 Å². The molecule has 1 aromatic rings. The van der Waals surface area contributed by atoms with Crippen LogP contribution in [0.4, 0.5) is 35.1 Å². The maximum atomic E-state index is 12.7. The summed E-state index contributed by atoms with van der Waals surface area (Å²) in [6.07, 6.45) is -14.4. The van der Waals surface area contributed by atoms with E-state index in [1.807, 2.05) is 0 Å². The Bertz CT molecular complexity index is 482. The van der Waals surface area contributed by atoms with Crippen LogP contribution in [0.2, 0.25) is 0 Å². The van der Waals surface area contributed by atoms with E-state index in [1.165, 1.54) is 0 Å². The van der Waals surface area contributed by atoms with Crippen LogP contribution in [-0.2, 0) is 6.18 Å². The third-order valence-electron chi connectivity index (χ3n) is 1.97. The summed E-state index contributed by atoms with van der Waals surface area (Å²) in [5, 5.41) is 0. The van der Waals surface area contributed by atoms with Crippen LogP contribution in [0.3, 0.4) is 0 Å². The second kappa shape index (κ2) is 5.29. The van der Waals surface area contributed by atoms with Gasteiger partial charge in [0.2, 0.25) is 0 Å². The average molecular weight is 311 g/mol. The zero-order chi connectivity index (χ0) is 15.7. The van der Waals surface area contributed by atoms with Crippen LogP contribution in [-0.4, -0.2) is 18.5 Å². The van der Waals surface area contributed by atoms with Crippen LogP contribution in [0.15, 0.2) is 6.20 Å². The van der Waals surface area contributed by atoms with Crippen molar-refractivity contribution in [2.24, 2.45) is 0 Å². The fourth-order valence-corrected chi connectivity index (χ4v) is 1.32. The molecule has 11 heteroatoms. The molecule has 0 atom stereocenters. The monoisotopic (exact) mass is 311 g/mol. The molecule has 0 amide bonds. The second-order valence-electron chi connectivity index (χ2n) is 3.27. The summed E-state index contributed by atoms with van der Waals surface area (Å²) in [5.41, 5.74) is -3.67. The van der Waals surface area contributed by atoms with E-state index < -0.39 is 41.7 Å². The summed E-state index contributed by atoms with van der Waals surface area (Å²) in [7, 11) is 0.574. The minimum Gasteiger partial charge on any atom is -0.491 e. The smallest absolute Gasteiger partial charge is 0.491 e. The van der Waals surface area contributed by atoms with Crippen molar-refractivity contribution in [1.29, 1.82) is 0 Å². The Kier molecular flexibility index (Phi) is 4.30. The minimum atomic E-state index is -5.37. The number of ether oxygens (including phenoxy) is 2. The van der Waals surface area contributed by atoms with E-state index in [9.17, 15) is 35.1 Å². The van der Waals surface area contributed by atoms with E-state index in [0.29, 0.717) is 7.11 Å². The quantitative estimate of drug-likeness (QED) is 0.792. The van der Waals surface area contributed by atoms with Crippen molar-refractivity contribution in [3.05, 3.63) is 17.3 Å². The topological polar surface area (TPSA) is 31.4 Å². The molecule has 0 saturated carbocycles. The van der Waals surface area contributed by atoms with Crippen LogP contribution < -0.4 is 9.47 Å². The number of methoxy groups -OCH3 is 1. The van der Waals surface area contributed by atoms with Gasteiger partial charge in [0.15, 0.2) is 5.75 Å². The van der Waals surface area contributed by atoms with Gasteiger partial charge in [0.1, 0.15) is 5.56 Å². The van der Waals surface area contributed by atoms with E-state index in [2.05, 4.69) is 14.5 Å². The van der Waals surface area contributed by atoms with E-state index >= 15 is 0 Å². The number of pyridine rings is 1. The molecule has 1 rings (SSSR count). The molecule has 3 nitrogen and oxygen atoms in total. The highest BCUT2D eigenvalue weighted by Gasteiger charge is 2.43. The molecule has 0 fully saturated rings. The van der Waals surface area contributed by atoms with Crippen molar-refractivity contribution in [3.8, 4) is 11.6 Å². The Balaban J connectivity index is 3.53. The van der Waals surface area contributed by atoms with Crippen molar-refractivity contribution in [3.63, 3.8) is 0 Å². The molecule has 0 aliphatic heterocycles. The van der Waals surface area contributed by atoms with Gasteiger partial charge < -0.3 is 9.47 Å². The van der Waals surface area contributed by atoms with E-state index in [0.717, 1.165) is 0 Å². The molecule has 1 heterocycles. The molecule has 0 aliphatic carbocycles. The zero-order valence-corrected chi connectivity index (χ0v) is 9.44. The predicted octanol–water partition coefficient (Wildman–Crippen LogP) is 3.95. The normalized spacial score (nSPS) is 12.7. The second-order valence-corrected chi connectivity index (χ2v) is 3.27. The summed E-state index contributed by atoms with van der Waals surface area (Å²) in [6.45, 7) is 0. The number of hydrogen-bond acceptors (Lipinski definition) is 3. The Morgan fingerprint density at radius 1 is 1.10 bits per heavy atom. The highest BCUT2D eigenvalue weighted by molar-refractivity contribution is 5.48. The summed E-state index contributed by atoms with van der Waals surface area (Å²) in [6, 6.07) is 0. The average Bonchev–Trinajstić information content (AvgIpc) is 2.24. The molecule has 0 spiro atoms. The molecule has 0 saturated heterocycles. The van der Waals surface area contributed by atoms with Gasteiger partial charge in [0, 0.05) is 6.20 Å². The Morgan fingerprint density at radius 3 is 2.00 bits per heavy atom. The first-order valence-corrected chi connectivity index (χ1v) is 4.65. The molecule has 1 aromatic heterocycles.